The van der Waals surface area contributed by atoms with Crippen LogP contribution >= 0.6 is 0 Å². The average molecular weight is 213 g/mol. The van der Waals surface area contributed by atoms with Crippen molar-refractivity contribution in [3.8, 4) is 0 Å². The topological polar surface area (TPSA) is 127 Å². The highest BCUT2D eigenvalue weighted by atomic mass is 32.3. The Labute approximate surface area is 75.4 Å². The first-order valence-corrected chi connectivity index (χ1v) is 4.81. The van der Waals surface area contributed by atoms with Gasteiger partial charge in [-0.2, -0.15) is 8.42 Å². The Bertz CT molecular complexity index is 246. The molecule has 1 atom stereocenters. The highest BCUT2D eigenvalue weighted by Crippen LogP contribution is 2.10. The summed E-state index contributed by atoms with van der Waals surface area (Å²) in [5, 5.41) is 0. The molecule has 1 saturated heterocycles. The van der Waals surface area contributed by atoms with Crippen molar-refractivity contribution in [1.29, 1.82) is 0 Å². The van der Waals surface area contributed by atoms with Crippen molar-refractivity contribution in [2.75, 3.05) is 6.61 Å². The lowest BCUT2D eigenvalue weighted by molar-refractivity contribution is -0.126. The third-order valence-corrected chi connectivity index (χ3v) is 1.25. The summed E-state index contributed by atoms with van der Waals surface area (Å²) in [5.41, 5.74) is 4.93. The van der Waals surface area contributed by atoms with Gasteiger partial charge in [0.1, 0.15) is 6.10 Å². The Morgan fingerprint density at radius 2 is 1.92 bits per heavy atom. The van der Waals surface area contributed by atoms with Crippen LogP contribution in [0.4, 0.5) is 0 Å². The molecule has 1 rings (SSSR count). The number of nitrogens with two attached hydrogens (primary N) is 1. The highest BCUT2D eigenvalue weighted by Gasteiger charge is 2.19. The molecule has 0 aromatic rings. The molecule has 1 fully saturated rings. The van der Waals surface area contributed by atoms with Gasteiger partial charge in [-0.05, 0) is 12.8 Å². The summed E-state index contributed by atoms with van der Waals surface area (Å²) < 4.78 is 36.5. The second-order valence-electron chi connectivity index (χ2n) is 2.35. The van der Waals surface area contributed by atoms with E-state index in [1.165, 1.54) is 0 Å². The van der Waals surface area contributed by atoms with Gasteiger partial charge in [0.25, 0.3) is 0 Å². The molecule has 0 radical (unpaired) electrons. The molecule has 0 saturated carbocycles. The minimum Gasteiger partial charge on any atom is -0.368 e. The SMILES string of the molecule is NC(=O)C1CCCO1.O=S(=O)(O)O. The molecule has 1 heterocycles. The van der Waals surface area contributed by atoms with Crippen molar-refractivity contribution in [1.82, 2.24) is 0 Å². The first-order valence-electron chi connectivity index (χ1n) is 3.41. The number of carbonyl (C=O) groups excluding carboxylic acids is 1. The largest absolute Gasteiger partial charge is 0.394 e. The lowest BCUT2D eigenvalue weighted by Gasteiger charge is -2.00. The van der Waals surface area contributed by atoms with E-state index in [1.54, 1.807) is 0 Å². The number of carbonyl (C=O) groups is 1. The summed E-state index contributed by atoms with van der Waals surface area (Å²) in [7, 11) is -4.67. The molecule has 0 spiro atoms. The number of ether oxygens (including phenoxy) is 1. The quantitative estimate of drug-likeness (QED) is 0.479. The lowest BCUT2D eigenvalue weighted by atomic mass is 10.2. The van der Waals surface area contributed by atoms with Crippen molar-refractivity contribution in [3.05, 3.63) is 0 Å². The van der Waals surface area contributed by atoms with E-state index in [0.717, 1.165) is 12.8 Å². The number of primary amides is 1. The molecular formula is C5H11NO6S. The van der Waals surface area contributed by atoms with Crippen molar-refractivity contribution in [2.24, 2.45) is 5.73 Å². The summed E-state index contributed by atoms with van der Waals surface area (Å²) in [6.07, 6.45) is 1.47. The van der Waals surface area contributed by atoms with Crippen LogP contribution in [-0.2, 0) is 19.9 Å². The van der Waals surface area contributed by atoms with E-state index in [0.29, 0.717) is 6.61 Å². The van der Waals surface area contributed by atoms with Gasteiger partial charge < -0.3 is 10.5 Å². The van der Waals surface area contributed by atoms with Gasteiger partial charge in [-0.15, -0.1) is 0 Å². The predicted molar refractivity (Wildman–Crippen MR) is 42.3 cm³/mol. The van der Waals surface area contributed by atoms with Crippen LogP contribution in [0, 0.1) is 0 Å². The van der Waals surface area contributed by atoms with Gasteiger partial charge in [-0.1, -0.05) is 0 Å². The van der Waals surface area contributed by atoms with E-state index in [2.05, 4.69) is 0 Å². The minimum atomic E-state index is -4.67. The third kappa shape index (κ3) is 9.21. The maximum Gasteiger partial charge on any atom is 0.394 e. The maximum absolute atomic E-state index is 10.3. The molecule has 0 bridgehead atoms. The average Bonchev–Trinajstić information content (AvgIpc) is 2.31. The van der Waals surface area contributed by atoms with Crippen molar-refractivity contribution < 1.29 is 27.1 Å². The fourth-order valence-electron chi connectivity index (χ4n) is 0.802. The first kappa shape index (κ1) is 12.3. The summed E-state index contributed by atoms with van der Waals surface area (Å²) in [5.74, 6) is -0.331. The van der Waals surface area contributed by atoms with Crippen LogP contribution in [0.2, 0.25) is 0 Å². The minimum absolute atomic E-state index is 0.296. The highest BCUT2D eigenvalue weighted by molar-refractivity contribution is 7.79. The Balaban J connectivity index is 0.000000252. The zero-order valence-corrected chi connectivity index (χ0v) is 7.53. The van der Waals surface area contributed by atoms with Gasteiger partial charge in [-0.3, -0.25) is 13.9 Å². The summed E-state index contributed by atoms with van der Waals surface area (Å²) in [4.78, 5) is 10.3. The Morgan fingerprint density at radius 1 is 1.46 bits per heavy atom. The standard InChI is InChI=1S/C5H9NO2.H2O4S/c6-5(7)4-2-1-3-8-4;1-5(2,3)4/h4H,1-3H2,(H2,6,7);(H2,1,2,3,4). The fraction of sp³-hybridized carbons (Fsp3) is 0.800. The second-order valence-corrected chi connectivity index (χ2v) is 3.25. The molecule has 1 unspecified atom stereocenters. The Hall–Kier alpha value is -0.700. The van der Waals surface area contributed by atoms with E-state index in [4.69, 9.17) is 28.0 Å². The van der Waals surface area contributed by atoms with Crippen LogP contribution in [-0.4, -0.2) is 36.1 Å². The van der Waals surface area contributed by atoms with E-state index < -0.39 is 10.4 Å². The molecule has 4 N–H and O–H groups in total. The Morgan fingerprint density at radius 3 is 2.08 bits per heavy atom. The monoisotopic (exact) mass is 213 g/mol. The van der Waals surface area contributed by atoms with Gasteiger partial charge in [-0.25, -0.2) is 0 Å². The summed E-state index contributed by atoms with van der Waals surface area (Å²) >= 11 is 0. The van der Waals surface area contributed by atoms with Gasteiger partial charge in [0.05, 0.1) is 0 Å². The van der Waals surface area contributed by atoms with Crippen molar-refractivity contribution in [3.63, 3.8) is 0 Å². The molecule has 0 aliphatic carbocycles. The lowest BCUT2D eigenvalue weighted by Crippen LogP contribution is -2.27. The maximum atomic E-state index is 10.3. The molecule has 1 aliphatic rings. The fourth-order valence-corrected chi connectivity index (χ4v) is 0.802. The van der Waals surface area contributed by atoms with Crippen molar-refractivity contribution >= 4 is 16.3 Å². The van der Waals surface area contributed by atoms with Crippen molar-refractivity contribution in [2.45, 2.75) is 18.9 Å². The molecule has 8 heteroatoms. The number of rotatable bonds is 1. The number of amides is 1. The Kier molecular flexibility index (Phi) is 4.85. The van der Waals surface area contributed by atoms with Gasteiger partial charge >= 0.3 is 10.4 Å². The van der Waals surface area contributed by atoms with Gasteiger partial charge in [0.15, 0.2) is 0 Å². The number of hydrogen-bond donors (Lipinski definition) is 3. The molecule has 7 nitrogen and oxygen atoms in total. The van der Waals surface area contributed by atoms with Crippen LogP contribution in [0.3, 0.4) is 0 Å². The van der Waals surface area contributed by atoms with Crippen LogP contribution in [0.5, 0.6) is 0 Å². The normalized spacial score (nSPS) is 21.8. The molecule has 78 valence electrons. The summed E-state index contributed by atoms with van der Waals surface area (Å²) in [6, 6.07) is 0. The van der Waals surface area contributed by atoms with Crippen LogP contribution < -0.4 is 5.73 Å². The van der Waals surface area contributed by atoms with Gasteiger partial charge in [0.2, 0.25) is 5.91 Å². The zero-order valence-electron chi connectivity index (χ0n) is 6.71. The third-order valence-electron chi connectivity index (χ3n) is 1.25. The van der Waals surface area contributed by atoms with E-state index in [9.17, 15) is 4.79 Å². The second kappa shape index (κ2) is 5.12. The van der Waals surface area contributed by atoms with Gasteiger partial charge in [0, 0.05) is 6.61 Å². The van der Waals surface area contributed by atoms with E-state index in [1.807, 2.05) is 0 Å². The van der Waals surface area contributed by atoms with Crippen LogP contribution in [0.25, 0.3) is 0 Å². The molecule has 1 aliphatic heterocycles. The molecule has 0 aromatic carbocycles. The number of hydrogen-bond acceptors (Lipinski definition) is 4. The van der Waals surface area contributed by atoms with E-state index >= 15 is 0 Å². The molecule has 13 heavy (non-hydrogen) atoms. The predicted octanol–water partition coefficient (Wildman–Crippen LogP) is -1.00. The molecular weight excluding hydrogens is 202 g/mol. The van der Waals surface area contributed by atoms with Crippen LogP contribution in [0.1, 0.15) is 12.8 Å². The van der Waals surface area contributed by atoms with Crippen LogP contribution in [0.15, 0.2) is 0 Å². The zero-order chi connectivity index (χ0) is 10.5. The smallest absolute Gasteiger partial charge is 0.368 e. The molecule has 1 amide bonds. The first-order chi connectivity index (χ1) is 5.80. The molecule has 0 aromatic heterocycles. The summed E-state index contributed by atoms with van der Waals surface area (Å²) in [6.45, 7) is 0.688. The van der Waals surface area contributed by atoms with E-state index in [-0.39, 0.29) is 12.0 Å².